The number of hydrogen-bond donors (Lipinski definition) is 4. The molecule has 0 fully saturated rings. The number of carbonyl (C=O) groups is 1. The second-order valence-corrected chi connectivity index (χ2v) is 11.1. The number of nitrogens with one attached hydrogen (secondary N) is 3. The number of hydrogen-bond acceptors (Lipinski definition) is 6. The van der Waals surface area contributed by atoms with Crippen molar-refractivity contribution in [2.24, 2.45) is 4.90 Å². The average Bonchev–Trinajstić information content (AvgIpc) is 2.97. The average molecular weight is 526 g/mol. The third kappa shape index (κ3) is 3.80. The number of allylic oxidation sites excluding steroid dienone is 2. The fourth-order valence-electron chi connectivity index (χ4n) is 6.43. The fourth-order valence-corrected chi connectivity index (χ4v) is 6.43. The van der Waals surface area contributed by atoms with Gasteiger partial charge in [0, 0.05) is 38.6 Å². The number of benzene rings is 4. The van der Waals surface area contributed by atoms with E-state index in [0.717, 1.165) is 87.9 Å². The number of carbonyl (C=O) groups excluding carboxylic acids is 1. The minimum atomic E-state index is -0.136. The van der Waals surface area contributed by atoms with E-state index in [0.29, 0.717) is 16.4 Å². The first-order valence-electron chi connectivity index (χ1n) is 14.6. The summed E-state index contributed by atoms with van der Waals surface area (Å²) in [4.78, 5) is 19.0. The van der Waals surface area contributed by atoms with Crippen LogP contribution in [0.4, 0.5) is 17.1 Å². The van der Waals surface area contributed by atoms with Gasteiger partial charge < -0.3 is 25.7 Å². The topological polar surface area (TPSA) is 85.8 Å². The highest BCUT2D eigenvalue weighted by Gasteiger charge is 2.38. The number of Topliss-reactive ketones (excluding diaryl/α,β-unsaturated/α-hetero) is 1. The number of aliphatic hydroxyl groups excluding tert-OH is 1. The van der Waals surface area contributed by atoms with Gasteiger partial charge >= 0.3 is 14.0 Å². The van der Waals surface area contributed by atoms with Crippen LogP contribution in [0, 0.1) is 0 Å². The standard InChI is InChI=1S/C32H32B2N4O2/c1-3-5-17-33-35-23-11-7-9-19-13-15-21(29(37-33)25(19)23)27-31(39)28(32(27)40)22-16-14-20-10-8-12-24-26(20)30(22)38-34(36-24)18-6-4-2/h7-16,35-37,39H,3-6,17-18H2,1-2H3. The molecule has 4 N–H and O–H groups in total. The Morgan fingerprint density at radius 1 is 0.775 bits per heavy atom. The molecular weight excluding hydrogens is 494 g/mol. The van der Waals surface area contributed by atoms with Gasteiger partial charge in [0.25, 0.3) is 0 Å². The normalized spacial score (nSPS) is 16.9. The van der Waals surface area contributed by atoms with E-state index in [2.05, 4.69) is 59.9 Å². The number of anilines is 3. The molecule has 198 valence electrons. The van der Waals surface area contributed by atoms with Crippen LogP contribution < -0.4 is 26.3 Å². The van der Waals surface area contributed by atoms with Crippen molar-refractivity contribution >= 4 is 69.5 Å². The molecule has 0 aromatic heterocycles. The third-order valence-corrected chi connectivity index (χ3v) is 8.46. The van der Waals surface area contributed by atoms with Crippen molar-refractivity contribution in [3.05, 3.63) is 82.6 Å². The zero-order valence-corrected chi connectivity index (χ0v) is 23.0. The minimum absolute atomic E-state index is 0.0513. The lowest BCUT2D eigenvalue weighted by atomic mass is 9.67. The largest absolute Gasteiger partial charge is 0.506 e. The highest BCUT2D eigenvalue weighted by molar-refractivity contribution is 6.68. The van der Waals surface area contributed by atoms with E-state index in [1.807, 2.05) is 30.3 Å². The van der Waals surface area contributed by atoms with Crippen LogP contribution in [0.15, 0.2) is 71.3 Å². The van der Waals surface area contributed by atoms with Gasteiger partial charge in [-0.05, 0) is 35.5 Å². The number of aliphatic hydroxyl groups is 1. The third-order valence-electron chi connectivity index (χ3n) is 8.46. The quantitative estimate of drug-likeness (QED) is 0.217. The lowest BCUT2D eigenvalue weighted by Crippen LogP contribution is -2.41. The summed E-state index contributed by atoms with van der Waals surface area (Å²) in [5.74, 6) is -0.0848. The van der Waals surface area contributed by atoms with Crippen molar-refractivity contribution in [2.45, 2.75) is 52.2 Å². The Hall–Kier alpha value is -4.19. The van der Waals surface area contributed by atoms with Crippen LogP contribution >= 0.6 is 0 Å². The molecule has 2 aliphatic heterocycles. The molecule has 0 bridgehead atoms. The molecule has 4 aromatic rings. The van der Waals surface area contributed by atoms with Gasteiger partial charge in [0.2, 0.25) is 5.78 Å². The number of rotatable bonds is 7. The molecule has 4 aromatic carbocycles. The molecular formula is C32H32B2N4O2. The molecule has 0 saturated carbocycles. The number of unbranched alkanes of at least 4 members (excludes halogenated alkanes) is 2. The Balaban J connectivity index is 1.42. The molecule has 0 saturated heterocycles. The summed E-state index contributed by atoms with van der Waals surface area (Å²) < 4.78 is 0. The highest BCUT2D eigenvalue weighted by atomic mass is 16.3. The van der Waals surface area contributed by atoms with E-state index in [4.69, 9.17) is 4.90 Å². The zero-order valence-electron chi connectivity index (χ0n) is 23.0. The van der Waals surface area contributed by atoms with E-state index >= 15 is 0 Å². The van der Waals surface area contributed by atoms with Gasteiger partial charge in [-0.1, -0.05) is 88.1 Å². The molecule has 6 nitrogen and oxygen atoms in total. The van der Waals surface area contributed by atoms with Crippen LogP contribution in [0.25, 0.3) is 32.7 Å². The van der Waals surface area contributed by atoms with Crippen LogP contribution in [-0.4, -0.2) is 24.9 Å². The molecule has 0 radical (unpaired) electrons. The molecule has 0 unspecified atom stereocenters. The monoisotopic (exact) mass is 526 g/mol. The Bertz CT molecular complexity index is 1870. The van der Waals surface area contributed by atoms with Gasteiger partial charge in [-0.15, -0.1) is 0 Å². The van der Waals surface area contributed by atoms with Crippen LogP contribution in [0.3, 0.4) is 0 Å². The van der Waals surface area contributed by atoms with E-state index in [-0.39, 0.29) is 25.5 Å². The van der Waals surface area contributed by atoms with E-state index in [1.54, 1.807) is 0 Å². The second-order valence-electron chi connectivity index (χ2n) is 11.1. The number of nitrogens with zero attached hydrogens (tertiary/aromatic N) is 1. The highest BCUT2D eigenvalue weighted by Crippen LogP contribution is 2.45. The summed E-state index contributed by atoms with van der Waals surface area (Å²) in [6.45, 7) is 4.37. The van der Waals surface area contributed by atoms with Crippen LogP contribution in [0.2, 0.25) is 12.6 Å². The Kier molecular flexibility index (Phi) is 6.06. The van der Waals surface area contributed by atoms with Crippen molar-refractivity contribution in [1.82, 2.24) is 0 Å². The first-order chi connectivity index (χ1) is 19.6. The van der Waals surface area contributed by atoms with E-state index < -0.39 is 0 Å². The van der Waals surface area contributed by atoms with Gasteiger partial charge in [0.05, 0.1) is 16.5 Å². The van der Waals surface area contributed by atoms with Crippen LogP contribution in [0.5, 0.6) is 0 Å². The van der Waals surface area contributed by atoms with Gasteiger partial charge in [-0.3, -0.25) is 4.79 Å². The fraction of sp³-hybridized carbons (Fsp3) is 0.250. The summed E-state index contributed by atoms with van der Waals surface area (Å²) in [6, 6.07) is 20.4. The molecule has 0 spiro atoms. The zero-order chi connectivity index (χ0) is 27.4. The van der Waals surface area contributed by atoms with Crippen LogP contribution in [0.1, 0.15) is 45.1 Å². The maximum absolute atomic E-state index is 13.9. The SMILES string of the molecule is CCCCB1N=c2c(=C3C(=O)C(c4ccc5cccc6c5c4NB(CCCC)N6)=C3O)ccc3cccc(c23)N1. The molecule has 2 heterocycles. The predicted molar refractivity (Wildman–Crippen MR) is 168 cm³/mol. The Morgan fingerprint density at radius 3 is 2.23 bits per heavy atom. The smallest absolute Gasteiger partial charge is 0.392 e. The maximum Gasteiger partial charge on any atom is 0.392 e. The summed E-state index contributed by atoms with van der Waals surface area (Å²) >= 11 is 0. The lowest BCUT2D eigenvalue weighted by molar-refractivity contribution is -0.109. The summed E-state index contributed by atoms with van der Waals surface area (Å²) in [5, 5.41) is 28.1. The summed E-state index contributed by atoms with van der Waals surface area (Å²) in [6.07, 6.45) is 6.23. The van der Waals surface area contributed by atoms with Gasteiger partial charge in [-0.2, -0.15) is 0 Å². The molecule has 1 aliphatic carbocycles. The van der Waals surface area contributed by atoms with Gasteiger partial charge in [0.1, 0.15) is 5.76 Å². The van der Waals surface area contributed by atoms with Gasteiger partial charge in [-0.25, -0.2) is 0 Å². The first kappa shape index (κ1) is 24.8. The molecule has 0 amide bonds. The minimum Gasteiger partial charge on any atom is -0.506 e. The van der Waals surface area contributed by atoms with Crippen molar-refractivity contribution in [3.8, 4) is 0 Å². The van der Waals surface area contributed by atoms with Gasteiger partial charge in [0.15, 0.2) is 0 Å². The maximum atomic E-state index is 13.9. The van der Waals surface area contributed by atoms with Crippen molar-refractivity contribution in [3.63, 3.8) is 0 Å². The van der Waals surface area contributed by atoms with Crippen LogP contribution in [-0.2, 0) is 4.79 Å². The van der Waals surface area contributed by atoms with E-state index in [1.165, 1.54) is 0 Å². The van der Waals surface area contributed by atoms with Crippen molar-refractivity contribution in [1.29, 1.82) is 0 Å². The molecule has 0 atom stereocenters. The summed E-state index contributed by atoms with van der Waals surface area (Å²) in [5.41, 5.74) is 4.49. The Morgan fingerprint density at radius 2 is 1.48 bits per heavy atom. The predicted octanol–water partition coefficient (Wildman–Crippen LogP) is 6.15. The van der Waals surface area contributed by atoms with Crippen molar-refractivity contribution in [2.75, 3.05) is 15.7 Å². The molecule has 40 heavy (non-hydrogen) atoms. The molecule has 8 heteroatoms. The second kappa shape index (κ2) is 9.77. The number of ketones is 1. The van der Waals surface area contributed by atoms with Crippen molar-refractivity contribution < 1.29 is 9.90 Å². The van der Waals surface area contributed by atoms with E-state index in [9.17, 15) is 9.90 Å². The summed E-state index contributed by atoms with van der Waals surface area (Å²) in [7, 11) is 0. The lowest BCUT2D eigenvalue weighted by Gasteiger charge is -2.31. The molecule has 7 rings (SSSR count). The first-order valence-corrected chi connectivity index (χ1v) is 14.6. The molecule has 3 aliphatic rings. The Labute approximate surface area is 234 Å².